The van der Waals surface area contributed by atoms with E-state index in [1.165, 1.54) is 0 Å². The molecule has 3 rings (SSSR count). The quantitative estimate of drug-likeness (QED) is 0.767. The molecule has 1 aromatic rings. The molecule has 30 heavy (non-hydrogen) atoms. The summed E-state index contributed by atoms with van der Waals surface area (Å²) in [5.41, 5.74) is 0.432. The molecular formula is C18H25F3N6O3. The van der Waals surface area contributed by atoms with Gasteiger partial charge in [0.2, 0.25) is 6.10 Å². The third-order valence-electron chi connectivity index (χ3n) is 5.08. The first kappa shape index (κ1) is 22.0. The summed E-state index contributed by atoms with van der Waals surface area (Å²) >= 11 is 0. The van der Waals surface area contributed by atoms with Gasteiger partial charge in [0.1, 0.15) is 6.54 Å². The monoisotopic (exact) mass is 430 g/mol. The molecule has 0 aliphatic carbocycles. The average Bonchev–Trinajstić information content (AvgIpc) is 3.36. The van der Waals surface area contributed by atoms with Crippen molar-refractivity contribution in [3.05, 3.63) is 11.9 Å². The first-order valence-electron chi connectivity index (χ1n) is 9.73. The summed E-state index contributed by atoms with van der Waals surface area (Å²) in [5.74, 6) is -0.816. The Labute approximate surface area is 171 Å². The maximum atomic E-state index is 12.9. The summed E-state index contributed by atoms with van der Waals surface area (Å²) in [6.07, 6.45) is -2.26. The number of hydrogen-bond acceptors (Lipinski definition) is 6. The molecule has 1 aromatic heterocycles. The van der Waals surface area contributed by atoms with Crippen molar-refractivity contribution in [1.82, 2.24) is 25.2 Å². The molecule has 12 heteroatoms. The summed E-state index contributed by atoms with van der Waals surface area (Å²) in [6, 6.07) is -0.228. The number of carbonyl (C=O) groups is 2. The van der Waals surface area contributed by atoms with Gasteiger partial charge < -0.3 is 15.1 Å². The normalized spacial score (nSPS) is 22.1. The van der Waals surface area contributed by atoms with E-state index in [0.29, 0.717) is 24.1 Å². The van der Waals surface area contributed by atoms with Crippen molar-refractivity contribution < 1.29 is 27.6 Å². The summed E-state index contributed by atoms with van der Waals surface area (Å²) in [4.78, 5) is 32.1. The van der Waals surface area contributed by atoms with E-state index in [1.54, 1.807) is 4.90 Å². The van der Waals surface area contributed by atoms with Crippen molar-refractivity contribution in [1.29, 1.82) is 0 Å². The lowest BCUT2D eigenvalue weighted by Crippen LogP contribution is -2.47. The lowest BCUT2D eigenvalue weighted by Gasteiger charge is -2.26. The molecule has 9 nitrogen and oxygen atoms in total. The number of rotatable bonds is 5. The topological polar surface area (TPSA) is 102 Å². The number of aromatic nitrogens is 3. The second-order valence-electron chi connectivity index (χ2n) is 8.54. The van der Waals surface area contributed by atoms with E-state index in [2.05, 4.69) is 20.8 Å². The molecule has 1 saturated heterocycles. The Morgan fingerprint density at radius 2 is 2.03 bits per heavy atom. The fourth-order valence-electron chi connectivity index (χ4n) is 3.44. The number of amides is 2. The van der Waals surface area contributed by atoms with Crippen molar-refractivity contribution in [3.63, 3.8) is 0 Å². The summed E-state index contributed by atoms with van der Waals surface area (Å²) in [7, 11) is 0. The zero-order valence-electron chi connectivity index (χ0n) is 17.1. The standard InChI is InChI=1S/C18H25F3N6O3/c1-17(2,3)14-7-13(30-24-14)16(29)27-6-4-5-11(27)8-22-15(28)12-9-26(25-23-12)10-18(19,20)21/h9,11,13H,4-8,10H2,1-3H3,(H,22,28). The van der Waals surface area contributed by atoms with Gasteiger partial charge in [-0.25, -0.2) is 4.68 Å². The van der Waals surface area contributed by atoms with E-state index in [1.807, 2.05) is 20.8 Å². The van der Waals surface area contributed by atoms with Crippen LogP contribution in [-0.2, 0) is 16.2 Å². The Balaban J connectivity index is 1.53. The highest BCUT2D eigenvalue weighted by molar-refractivity contribution is 5.96. The molecular weight excluding hydrogens is 405 g/mol. The molecule has 166 valence electrons. The predicted molar refractivity (Wildman–Crippen MR) is 99.5 cm³/mol. The van der Waals surface area contributed by atoms with Crippen LogP contribution in [0.5, 0.6) is 0 Å². The number of nitrogens with zero attached hydrogens (tertiary/aromatic N) is 5. The highest BCUT2D eigenvalue weighted by Gasteiger charge is 2.39. The molecule has 1 fully saturated rings. The highest BCUT2D eigenvalue weighted by Crippen LogP contribution is 2.28. The number of halogens is 3. The smallest absolute Gasteiger partial charge is 0.382 e. The molecule has 0 bridgehead atoms. The summed E-state index contributed by atoms with van der Waals surface area (Å²) in [6.45, 7) is 5.39. The molecule has 2 aliphatic heterocycles. The van der Waals surface area contributed by atoms with E-state index in [9.17, 15) is 22.8 Å². The van der Waals surface area contributed by atoms with Gasteiger partial charge in [-0.05, 0) is 12.8 Å². The van der Waals surface area contributed by atoms with E-state index in [4.69, 9.17) is 4.84 Å². The van der Waals surface area contributed by atoms with Crippen LogP contribution in [0.1, 0.15) is 50.5 Å². The zero-order chi connectivity index (χ0) is 22.1. The van der Waals surface area contributed by atoms with Gasteiger partial charge in [0.15, 0.2) is 5.69 Å². The van der Waals surface area contributed by atoms with Crippen molar-refractivity contribution in [2.24, 2.45) is 10.6 Å². The van der Waals surface area contributed by atoms with Crippen molar-refractivity contribution in [2.45, 2.75) is 64.9 Å². The number of hydrogen-bond donors (Lipinski definition) is 1. The number of likely N-dealkylation sites (tertiary alicyclic amines) is 1. The fourth-order valence-corrected chi connectivity index (χ4v) is 3.44. The molecule has 0 aromatic carbocycles. The van der Waals surface area contributed by atoms with Gasteiger partial charge in [0, 0.05) is 31.0 Å². The summed E-state index contributed by atoms with van der Waals surface area (Å²) < 4.78 is 37.7. The molecule has 2 unspecified atom stereocenters. The van der Waals surface area contributed by atoms with Gasteiger partial charge in [-0.2, -0.15) is 13.2 Å². The number of nitrogens with one attached hydrogen (secondary N) is 1. The lowest BCUT2D eigenvalue weighted by atomic mass is 9.87. The number of oxime groups is 1. The SMILES string of the molecule is CC(C)(C)C1=NOC(C(=O)N2CCCC2CNC(=O)c2cn(CC(F)(F)F)nn2)C1. The molecule has 1 N–H and O–H groups in total. The van der Waals surface area contributed by atoms with Crippen LogP contribution >= 0.6 is 0 Å². The number of carbonyl (C=O) groups excluding carboxylic acids is 2. The Morgan fingerprint density at radius 1 is 1.30 bits per heavy atom. The Bertz CT molecular complexity index is 830. The van der Waals surface area contributed by atoms with Crippen molar-refractivity contribution in [3.8, 4) is 0 Å². The van der Waals surface area contributed by atoms with Crippen LogP contribution in [0.2, 0.25) is 0 Å². The van der Waals surface area contributed by atoms with E-state index < -0.39 is 24.7 Å². The van der Waals surface area contributed by atoms with Crippen LogP contribution in [0, 0.1) is 5.41 Å². The number of alkyl halides is 3. The van der Waals surface area contributed by atoms with E-state index >= 15 is 0 Å². The van der Waals surface area contributed by atoms with Crippen LogP contribution in [0.15, 0.2) is 11.4 Å². The van der Waals surface area contributed by atoms with Crippen molar-refractivity contribution in [2.75, 3.05) is 13.1 Å². The van der Waals surface area contributed by atoms with Gasteiger partial charge in [-0.1, -0.05) is 31.1 Å². The molecule has 0 radical (unpaired) electrons. The third-order valence-corrected chi connectivity index (χ3v) is 5.08. The van der Waals surface area contributed by atoms with Gasteiger partial charge >= 0.3 is 6.18 Å². The molecule has 0 saturated carbocycles. The Morgan fingerprint density at radius 3 is 2.67 bits per heavy atom. The van der Waals surface area contributed by atoms with Gasteiger partial charge in [-0.3, -0.25) is 9.59 Å². The van der Waals surface area contributed by atoms with Crippen LogP contribution in [0.4, 0.5) is 13.2 Å². The van der Waals surface area contributed by atoms with Crippen molar-refractivity contribution >= 4 is 17.5 Å². The predicted octanol–water partition coefficient (Wildman–Crippen LogP) is 1.75. The summed E-state index contributed by atoms with van der Waals surface area (Å²) in [5, 5.41) is 13.5. The van der Waals surface area contributed by atoms with Crippen LogP contribution in [0.3, 0.4) is 0 Å². The minimum Gasteiger partial charge on any atom is -0.382 e. The highest BCUT2D eigenvalue weighted by atomic mass is 19.4. The first-order chi connectivity index (χ1) is 13.9. The first-order valence-corrected chi connectivity index (χ1v) is 9.73. The average molecular weight is 430 g/mol. The minimum absolute atomic E-state index is 0.163. The Hall–Kier alpha value is -2.66. The zero-order valence-corrected chi connectivity index (χ0v) is 17.1. The van der Waals surface area contributed by atoms with Gasteiger partial charge in [-0.15, -0.1) is 5.10 Å². The Kier molecular flexibility index (Phi) is 6.04. The lowest BCUT2D eigenvalue weighted by molar-refractivity contribution is -0.143. The molecule has 0 spiro atoms. The van der Waals surface area contributed by atoms with Crippen LogP contribution in [0.25, 0.3) is 0 Å². The third kappa shape index (κ3) is 5.28. The van der Waals surface area contributed by atoms with E-state index in [-0.39, 0.29) is 29.6 Å². The molecule has 2 amide bonds. The largest absolute Gasteiger partial charge is 0.408 e. The van der Waals surface area contributed by atoms with E-state index in [0.717, 1.165) is 18.3 Å². The minimum atomic E-state index is -4.45. The van der Waals surface area contributed by atoms with Crippen LogP contribution in [-0.4, -0.2) is 68.8 Å². The van der Waals surface area contributed by atoms with Gasteiger partial charge in [0.05, 0.1) is 11.9 Å². The molecule has 2 aliphatic rings. The maximum absolute atomic E-state index is 12.9. The second-order valence-corrected chi connectivity index (χ2v) is 8.54. The maximum Gasteiger partial charge on any atom is 0.408 e. The second kappa shape index (κ2) is 8.23. The molecule has 3 heterocycles. The van der Waals surface area contributed by atoms with Crippen LogP contribution < -0.4 is 5.32 Å². The van der Waals surface area contributed by atoms with Gasteiger partial charge in [0.25, 0.3) is 11.8 Å². The molecule has 2 atom stereocenters. The fraction of sp³-hybridized carbons (Fsp3) is 0.722.